The maximum Gasteiger partial charge on any atom is 0.0660 e. The number of halogens is 1. The lowest BCUT2D eigenvalue weighted by molar-refractivity contribution is 0.203. The Hall–Kier alpha value is -0.970. The van der Waals surface area contributed by atoms with Crippen molar-refractivity contribution in [3.05, 3.63) is 23.2 Å². The summed E-state index contributed by atoms with van der Waals surface area (Å²) in [4.78, 5) is 1.96. The third-order valence-electron chi connectivity index (χ3n) is 2.25. The van der Waals surface area contributed by atoms with Crippen LogP contribution in [0.1, 0.15) is 0 Å². The van der Waals surface area contributed by atoms with Gasteiger partial charge in [-0.05, 0) is 18.2 Å². The van der Waals surface area contributed by atoms with E-state index < -0.39 is 0 Å². The fraction of sp³-hybridized carbons (Fsp3) is 0.455. The van der Waals surface area contributed by atoms with Gasteiger partial charge in [-0.1, -0.05) is 11.6 Å². The van der Waals surface area contributed by atoms with Crippen LogP contribution in [0.4, 0.5) is 11.4 Å². The fourth-order valence-electron chi connectivity index (χ4n) is 1.45. The molecule has 5 heteroatoms. The van der Waals surface area contributed by atoms with Crippen LogP contribution in [0.25, 0.3) is 0 Å². The van der Waals surface area contributed by atoms with Crippen LogP contribution in [-0.4, -0.2) is 38.5 Å². The van der Waals surface area contributed by atoms with Gasteiger partial charge in [0.2, 0.25) is 0 Å². The van der Waals surface area contributed by atoms with Crippen molar-refractivity contribution >= 4 is 23.0 Å². The standard InChI is InChI=1S/C11H17ClN2O2/c1-16-7-5-14(4-6-15)11-3-2-9(13)8-10(11)12/h2-3,8,15H,4-7,13H2,1H3. The first kappa shape index (κ1) is 13.1. The molecule has 1 rings (SSSR count). The first-order valence-electron chi connectivity index (χ1n) is 5.08. The van der Waals surface area contributed by atoms with E-state index in [2.05, 4.69) is 0 Å². The molecule has 0 aliphatic carbocycles. The number of hydrogen-bond donors (Lipinski definition) is 2. The number of aliphatic hydroxyl groups excluding tert-OH is 1. The summed E-state index contributed by atoms with van der Waals surface area (Å²) in [5, 5.41) is 9.58. The molecular weight excluding hydrogens is 228 g/mol. The molecule has 1 aromatic carbocycles. The van der Waals surface area contributed by atoms with Gasteiger partial charge in [0.25, 0.3) is 0 Å². The molecule has 0 saturated carbocycles. The van der Waals surface area contributed by atoms with E-state index in [1.807, 2.05) is 11.0 Å². The van der Waals surface area contributed by atoms with Gasteiger partial charge >= 0.3 is 0 Å². The summed E-state index contributed by atoms with van der Waals surface area (Å²) >= 11 is 6.09. The van der Waals surface area contributed by atoms with Crippen molar-refractivity contribution in [3.63, 3.8) is 0 Å². The van der Waals surface area contributed by atoms with Gasteiger partial charge in [-0.2, -0.15) is 0 Å². The van der Waals surface area contributed by atoms with Crippen molar-refractivity contribution < 1.29 is 9.84 Å². The van der Waals surface area contributed by atoms with Gasteiger partial charge in [-0.15, -0.1) is 0 Å². The third-order valence-corrected chi connectivity index (χ3v) is 2.55. The Bertz CT molecular complexity index is 334. The summed E-state index contributed by atoms with van der Waals surface area (Å²) in [7, 11) is 1.64. The molecule has 0 atom stereocenters. The smallest absolute Gasteiger partial charge is 0.0660 e. The maximum atomic E-state index is 8.99. The van der Waals surface area contributed by atoms with E-state index >= 15 is 0 Å². The topological polar surface area (TPSA) is 58.7 Å². The summed E-state index contributed by atoms with van der Waals surface area (Å²) in [5.41, 5.74) is 7.12. The van der Waals surface area contributed by atoms with Crippen LogP contribution in [0.2, 0.25) is 5.02 Å². The lowest BCUT2D eigenvalue weighted by atomic mass is 10.2. The number of methoxy groups -OCH3 is 1. The molecule has 0 amide bonds. The zero-order valence-corrected chi connectivity index (χ0v) is 10.1. The second-order valence-electron chi connectivity index (χ2n) is 3.41. The average molecular weight is 245 g/mol. The van der Waals surface area contributed by atoms with Crippen molar-refractivity contribution in [2.75, 3.05) is 44.0 Å². The zero-order chi connectivity index (χ0) is 12.0. The molecule has 0 aliphatic heterocycles. The van der Waals surface area contributed by atoms with Gasteiger partial charge in [-0.3, -0.25) is 0 Å². The fourth-order valence-corrected chi connectivity index (χ4v) is 1.76. The Morgan fingerprint density at radius 3 is 2.75 bits per heavy atom. The number of hydrogen-bond acceptors (Lipinski definition) is 4. The van der Waals surface area contributed by atoms with E-state index in [1.54, 1.807) is 19.2 Å². The number of anilines is 2. The molecule has 3 N–H and O–H groups in total. The van der Waals surface area contributed by atoms with Gasteiger partial charge in [-0.25, -0.2) is 0 Å². The summed E-state index contributed by atoms with van der Waals surface area (Å²) in [6.45, 7) is 1.86. The molecule has 0 unspecified atom stereocenters. The van der Waals surface area contributed by atoms with E-state index in [1.165, 1.54) is 0 Å². The Balaban J connectivity index is 2.82. The lowest BCUT2D eigenvalue weighted by Crippen LogP contribution is -2.30. The van der Waals surface area contributed by atoms with E-state index in [-0.39, 0.29) is 6.61 Å². The average Bonchev–Trinajstić information content (AvgIpc) is 2.25. The number of nitrogens with two attached hydrogens (primary N) is 1. The second-order valence-corrected chi connectivity index (χ2v) is 3.82. The Morgan fingerprint density at radius 1 is 1.44 bits per heavy atom. The normalized spacial score (nSPS) is 10.4. The Kier molecular flexibility index (Phi) is 5.38. The van der Waals surface area contributed by atoms with Crippen LogP contribution in [0, 0.1) is 0 Å². The number of aliphatic hydroxyl groups is 1. The summed E-state index contributed by atoms with van der Waals surface area (Å²) < 4.78 is 5.01. The van der Waals surface area contributed by atoms with Crippen LogP contribution >= 0.6 is 11.6 Å². The first-order chi connectivity index (χ1) is 7.69. The highest BCUT2D eigenvalue weighted by Gasteiger charge is 2.09. The van der Waals surface area contributed by atoms with Gasteiger partial charge in [0.05, 0.1) is 23.9 Å². The molecule has 1 aromatic rings. The molecule has 0 heterocycles. The molecule has 0 saturated heterocycles. The van der Waals surface area contributed by atoms with E-state index in [0.717, 1.165) is 5.69 Å². The number of nitrogen functional groups attached to an aromatic ring is 1. The minimum absolute atomic E-state index is 0.0738. The van der Waals surface area contributed by atoms with Crippen LogP contribution in [-0.2, 0) is 4.74 Å². The zero-order valence-electron chi connectivity index (χ0n) is 9.32. The van der Waals surface area contributed by atoms with Gasteiger partial charge < -0.3 is 20.5 Å². The van der Waals surface area contributed by atoms with Crippen LogP contribution < -0.4 is 10.6 Å². The quantitative estimate of drug-likeness (QED) is 0.742. The number of ether oxygens (including phenoxy) is 1. The van der Waals surface area contributed by atoms with Crippen molar-refractivity contribution in [2.45, 2.75) is 0 Å². The molecule has 90 valence electrons. The maximum absolute atomic E-state index is 8.99. The van der Waals surface area contributed by atoms with Crippen LogP contribution in [0.15, 0.2) is 18.2 Å². The van der Waals surface area contributed by atoms with E-state index in [4.69, 9.17) is 27.2 Å². The first-order valence-corrected chi connectivity index (χ1v) is 5.46. The minimum Gasteiger partial charge on any atom is -0.399 e. The minimum atomic E-state index is 0.0738. The predicted octanol–water partition coefficient (Wildman–Crippen LogP) is 1.37. The highest BCUT2D eigenvalue weighted by molar-refractivity contribution is 6.33. The third kappa shape index (κ3) is 3.56. The van der Waals surface area contributed by atoms with E-state index in [0.29, 0.717) is 30.4 Å². The monoisotopic (exact) mass is 244 g/mol. The second kappa shape index (κ2) is 6.58. The molecule has 0 aliphatic rings. The van der Waals surface area contributed by atoms with Crippen molar-refractivity contribution in [3.8, 4) is 0 Å². The van der Waals surface area contributed by atoms with Crippen LogP contribution in [0.3, 0.4) is 0 Å². The predicted molar refractivity (Wildman–Crippen MR) is 67.0 cm³/mol. The SMILES string of the molecule is COCCN(CCO)c1ccc(N)cc1Cl. The van der Waals surface area contributed by atoms with Crippen molar-refractivity contribution in [1.29, 1.82) is 0 Å². The number of rotatable bonds is 6. The lowest BCUT2D eigenvalue weighted by Gasteiger charge is -2.24. The molecule has 0 radical (unpaired) electrons. The number of benzene rings is 1. The highest BCUT2D eigenvalue weighted by atomic mass is 35.5. The Labute approximate surface area is 101 Å². The van der Waals surface area contributed by atoms with Crippen molar-refractivity contribution in [2.24, 2.45) is 0 Å². The molecule has 4 nitrogen and oxygen atoms in total. The van der Waals surface area contributed by atoms with Gasteiger partial charge in [0.1, 0.15) is 0 Å². The molecule has 0 aromatic heterocycles. The molecule has 0 bridgehead atoms. The number of nitrogens with zero attached hydrogens (tertiary/aromatic N) is 1. The molecule has 0 spiro atoms. The van der Waals surface area contributed by atoms with Gasteiger partial charge in [0, 0.05) is 25.9 Å². The van der Waals surface area contributed by atoms with E-state index in [9.17, 15) is 0 Å². The molecular formula is C11H17ClN2O2. The summed E-state index contributed by atoms with van der Waals surface area (Å²) in [5.74, 6) is 0. The largest absolute Gasteiger partial charge is 0.399 e. The van der Waals surface area contributed by atoms with Gasteiger partial charge in [0.15, 0.2) is 0 Å². The van der Waals surface area contributed by atoms with Crippen molar-refractivity contribution in [1.82, 2.24) is 0 Å². The molecule has 16 heavy (non-hydrogen) atoms. The Morgan fingerprint density at radius 2 is 2.19 bits per heavy atom. The molecule has 0 fully saturated rings. The van der Waals surface area contributed by atoms with Crippen LogP contribution in [0.5, 0.6) is 0 Å². The summed E-state index contributed by atoms with van der Waals surface area (Å²) in [6.07, 6.45) is 0. The summed E-state index contributed by atoms with van der Waals surface area (Å²) in [6, 6.07) is 5.34. The highest BCUT2D eigenvalue weighted by Crippen LogP contribution is 2.27.